The van der Waals surface area contributed by atoms with Crippen molar-refractivity contribution in [2.75, 3.05) is 5.32 Å². The van der Waals surface area contributed by atoms with Crippen molar-refractivity contribution in [2.24, 2.45) is 4.99 Å². The third-order valence-electron chi connectivity index (χ3n) is 6.04. The molecule has 1 aromatic heterocycles. The average molecular weight is 614 g/mol. The molecule has 0 radical (unpaired) electrons. The van der Waals surface area contributed by atoms with Crippen molar-refractivity contribution in [1.82, 2.24) is 0 Å². The standard InChI is InChI=1S/C29H23BrCl2N2O2S/c30-24-15-21(32)14-19(27(24)36-17-18-7-6-8-20(31)13-18)16-33-29-26(23-11-4-5-12-25(23)37-29)28(35)34-22-9-2-1-3-10-22/h1-3,6-10,13-16H,4-5,11-12,17H2,(H,34,35). The Bertz CT molecular complexity index is 1470. The van der Waals surface area contributed by atoms with Crippen LogP contribution in [0.3, 0.4) is 0 Å². The number of halogens is 3. The quantitative estimate of drug-likeness (QED) is 0.211. The molecule has 4 aromatic rings. The summed E-state index contributed by atoms with van der Waals surface area (Å²) >= 11 is 17.7. The zero-order chi connectivity index (χ0) is 25.8. The lowest BCUT2D eigenvalue weighted by Gasteiger charge is -2.13. The predicted octanol–water partition coefficient (Wildman–Crippen LogP) is 9.28. The molecule has 0 aliphatic heterocycles. The second-order valence-corrected chi connectivity index (χ2v) is 11.5. The van der Waals surface area contributed by atoms with Crippen molar-refractivity contribution in [3.05, 3.63) is 108 Å². The van der Waals surface area contributed by atoms with Gasteiger partial charge >= 0.3 is 0 Å². The number of aliphatic imine (C=N–C) groups is 1. The number of rotatable bonds is 7. The van der Waals surface area contributed by atoms with Gasteiger partial charge in [0.1, 0.15) is 17.4 Å². The van der Waals surface area contributed by atoms with Crippen molar-refractivity contribution in [3.8, 4) is 5.75 Å². The molecule has 188 valence electrons. The number of benzene rings is 3. The number of aryl methyl sites for hydroxylation is 1. The summed E-state index contributed by atoms with van der Waals surface area (Å²) in [6.07, 6.45) is 5.77. The largest absolute Gasteiger partial charge is 0.487 e. The van der Waals surface area contributed by atoms with Gasteiger partial charge in [0, 0.05) is 32.4 Å². The van der Waals surface area contributed by atoms with Gasteiger partial charge in [0.25, 0.3) is 5.91 Å². The molecule has 1 aliphatic rings. The zero-order valence-corrected chi connectivity index (χ0v) is 23.7. The van der Waals surface area contributed by atoms with E-state index in [2.05, 4.69) is 21.2 Å². The maximum atomic E-state index is 13.4. The second-order valence-electron chi connectivity index (χ2n) is 8.69. The molecule has 0 fully saturated rings. The summed E-state index contributed by atoms with van der Waals surface area (Å²) in [5, 5.41) is 4.93. The molecule has 8 heteroatoms. The third-order valence-corrected chi connectivity index (χ3v) is 8.28. The Morgan fingerprint density at radius 1 is 1.03 bits per heavy atom. The van der Waals surface area contributed by atoms with Crippen molar-refractivity contribution in [2.45, 2.75) is 32.3 Å². The number of carbonyl (C=O) groups excluding carboxylic acids is 1. The van der Waals surface area contributed by atoms with E-state index in [9.17, 15) is 4.79 Å². The first-order valence-corrected chi connectivity index (χ1v) is 14.3. The normalized spacial score (nSPS) is 12.9. The van der Waals surface area contributed by atoms with Gasteiger partial charge in [-0.1, -0.05) is 53.5 Å². The van der Waals surface area contributed by atoms with Crippen LogP contribution in [0.5, 0.6) is 5.75 Å². The Labute approximate surface area is 238 Å². The monoisotopic (exact) mass is 612 g/mol. The lowest BCUT2D eigenvalue weighted by molar-refractivity contribution is 0.102. The van der Waals surface area contributed by atoms with E-state index >= 15 is 0 Å². The molecule has 1 aliphatic carbocycles. The highest BCUT2D eigenvalue weighted by atomic mass is 79.9. The summed E-state index contributed by atoms with van der Waals surface area (Å²) in [7, 11) is 0. The fraction of sp³-hybridized carbons (Fsp3) is 0.172. The van der Waals surface area contributed by atoms with Gasteiger partial charge in [-0.25, -0.2) is 4.99 Å². The molecule has 5 rings (SSSR count). The maximum Gasteiger partial charge on any atom is 0.259 e. The molecule has 1 heterocycles. The summed E-state index contributed by atoms with van der Waals surface area (Å²) < 4.78 is 6.88. The molecule has 0 saturated heterocycles. The van der Waals surface area contributed by atoms with Crippen LogP contribution in [0.4, 0.5) is 10.7 Å². The number of amides is 1. The summed E-state index contributed by atoms with van der Waals surface area (Å²) in [6, 6.07) is 20.6. The van der Waals surface area contributed by atoms with Crippen molar-refractivity contribution < 1.29 is 9.53 Å². The van der Waals surface area contributed by atoms with Crippen LogP contribution in [0.15, 0.2) is 76.2 Å². The number of hydrogen-bond donors (Lipinski definition) is 1. The highest BCUT2D eigenvalue weighted by molar-refractivity contribution is 9.10. The predicted molar refractivity (Wildman–Crippen MR) is 158 cm³/mol. The Hall–Kier alpha value is -2.64. The van der Waals surface area contributed by atoms with Crippen LogP contribution in [0.25, 0.3) is 0 Å². The minimum absolute atomic E-state index is 0.137. The zero-order valence-electron chi connectivity index (χ0n) is 19.8. The first-order valence-electron chi connectivity index (χ1n) is 11.9. The molecule has 1 N–H and O–H groups in total. The summed E-state index contributed by atoms with van der Waals surface area (Å²) in [4.78, 5) is 19.4. The van der Waals surface area contributed by atoms with E-state index in [1.807, 2.05) is 54.6 Å². The van der Waals surface area contributed by atoms with Gasteiger partial charge in [0.15, 0.2) is 0 Å². The van der Waals surface area contributed by atoms with Gasteiger partial charge in [0.05, 0.1) is 10.0 Å². The Balaban J connectivity index is 1.47. The molecular weight excluding hydrogens is 591 g/mol. The van der Waals surface area contributed by atoms with Crippen LogP contribution in [-0.2, 0) is 19.4 Å². The van der Waals surface area contributed by atoms with Crippen molar-refractivity contribution in [3.63, 3.8) is 0 Å². The maximum absolute atomic E-state index is 13.4. The SMILES string of the molecule is O=C(Nc1ccccc1)c1c(N=Cc2cc(Cl)cc(Br)c2OCc2cccc(Cl)c2)sc2c1CCCC2. The van der Waals surface area contributed by atoms with Gasteiger partial charge in [-0.2, -0.15) is 0 Å². The summed E-state index contributed by atoms with van der Waals surface area (Å²) in [6.45, 7) is 0.333. The van der Waals surface area contributed by atoms with E-state index in [4.69, 9.17) is 32.9 Å². The fourth-order valence-corrected chi connectivity index (χ4v) is 6.72. The van der Waals surface area contributed by atoms with Gasteiger partial charge in [0.2, 0.25) is 0 Å². The Morgan fingerprint density at radius 2 is 1.84 bits per heavy atom. The number of nitrogens with one attached hydrogen (secondary N) is 1. The molecule has 0 atom stereocenters. The molecule has 0 unspecified atom stereocenters. The van der Waals surface area contributed by atoms with Crippen LogP contribution < -0.4 is 10.1 Å². The molecule has 0 bridgehead atoms. The van der Waals surface area contributed by atoms with E-state index in [1.165, 1.54) is 4.88 Å². The van der Waals surface area contributed by atoms with Gasteiger partial charge in [-0.05, 0) is 89.1 Å². The Morgan fingerprint density at radius 3 is 2.65 bits per heavy atom. The molecule has 4 nitrogen and oxygen atoms in total. The fourth-order valence-electron chi connectivity index (χ4n) is 4.33. The molecule has 37 heavy (non-hydrogen) atoms. The average Bonchev–Trinajstić information content (AvgIpc) is 3.26. The first-order chi connectivity index (χ1) is 18.0. The van der Waals surface area contributed by atoms with E-state index < -0.39 is 0 Å². The number of hydrogen-bond acceptors (Lipinski definition) is 4. The second kappa shape index (κ2) is 11.8. The number of thiophene rings is 1. The smallest absolute Gasteiger partial charge is 0.259 e. The first kappa shape index (κ1) is 26.0. The van der Waals surface area contributed by atoms with Gasteiger partial charge in [-0.3, -0.25) is 4.79 Å². The van der Waals surface area contributed by atoms with Crippen LogP contribution in [0.2, 0.25) is 10.0 Å². The highest BCUT2D eigenvalue weighted by Crippen LogP contribution is 2.41. The van der Waals surface area contributed by atoms with E-state index in [0.717, 1.165) is 47.0 Å². The summed E-state index contributed by atoms with van der Waals surface area (Å²) in [5.74, 6) is 0.479. The van der Waals surface area contributed by atoms with Crippen molar-refractivity contribution >= 4 is 73.3 Å². The highest BCUT2D eigenvalue weighted by Gasteiger charge is 2.25. The van der Waals surface area contributed by atoms with Crippen LogP contribution in [0.1, 0.15) is 44.8 Å². The summed E-state index contributed by atoms with van der Waals surface area (Å²) in [5.41, 5.74) is 4.18. The van der Waals surface area contributed by atoms with Crippen LogP contribution >= 0.6 is 50.5 Å². The lowest BCUT2D eigenvalue weighted by atomic mass is 9.95. The number of anilines is 1. The van der Waals surface area contributed by atoms with E-state index in [0.29, 0.717) is 38.5 Å². The molecule has 0 spiro atoms. The van der Waals surface area contributed by atoms with Crippen LogP contribution in [-0.4, -0.2) is 12.1 Å². The van der Waals surface area contributed by atoms with Crippen LogP contribution in [0, 0.1) is 0 Å². The van der Waals surface area contributed by atoms with Crippen molar-refractivity contribution in [1.29, 1.82) is 0 Å². The van der Waals surface area contributed by atoms with Gasteiger partial charge in [-0.15, -0.1) is 11.3 Å². The Kier molecular flexibility index (Phi) is 8.30. The number of ether oxygens (including phenoxy) is 1. The molecule has 3 aromatic carbocycles. The molecule has 0 saturated carbocycles. The lowest BCUT2D eigenvalue weighted by Crippen LogP contribution is -2.14. The minimum atomic E-state index is -0.137. The van der Waals surface area contributed by atoms with E-state index in [1.54, 1.807) is 29.7 Å². The topological polar surface area (TPSA) is 50.7 Å². The van der Waals surface area contributed by atoms with Gasteiger partial charge < -0.3 is 10.1 Å². The minimum Gasteiger partial charge on any atom is -0.487 e. The number of fused-ring (bicyclic) bond motifs is 1. The number of carbonyl (C=O) groups is 1. The molecular formula is C29H23BrCl2N2O2S. The molecule has 1 amide bonds. The number of para-hydroxylation sites is 1. The van der Waals surface area contributed by atoms with E-state index in [-0.39, 0.29) is 5.91 Å². The third kappa shape index (κ3) is 6.27. The number of nitrogens with zero attached hydrogens (tertiary/aromatic N) is 1.